The average Bonchev–Trinajstić information content (AvgIpc) is 2.87. The third-order valence-corrected chi connectivity index (χ3v) is 1.92. The first kappa shape index (κ1) is 6.68. The monoisotopic (exact) mass is 149 g/mol. The first-order chi connectivity index (χ1) is 5.42. The molecule has 1 saturated heterocycles. The smallest absolute Gasteiger partial charge is 0.123 e. The van der Waals surface area contributed by atoms with Crippen molar-refractivity contribution in [2.24, 2.45) is 0 Å². The zero-order chi connectivity index (χ0) is 7.68. The molecule has 1 heterocycles. The highest BCUT2D eigenvalue weighted by Crippen LogP contribution is 2.29. The van der Waals surface area contributed by atoms with Gasteiger partial charge in [0.05, 0.1) is 7.11 Å². The molecule has 1 atom stereocenters. The number of nitrogens with one attached hydrogen (secondary N) is 1. The average molecular weight is 149 g/mol. The fourth-order valence-corrected chi connectivity index (χ4v) is 1.23. The number of para-hydroxylation sites is 1. The van der Waals surface area contributed by atoms with Crippen molar-refractivity contribution in [2.45, 2.75) is 6.04 Å². The summed E-state index contributed by atoms with van der Waals surface area (Å²) in [7, 11) is 1.71. The number of methoxy groups -OCH3 is 1. The van der Waals surface area contributed by atoms with Crippen LogP contribution in [-0.4, -0.2) is 13.7 Å². The van der Waals surface area contributed by atoms with Crippen molar-refractivity contribution in [1.29, 1.82) is 0 Å². The van der Waals surface area contributed by atoms with Crippen LogP contribution in [0, 0.1) is 0 Å². The number of hydrogen-bond donors (Lipinski definition) is 1. The van der Waals surface area contributed by atoms with Crippen LogP contribution in [0.1, 0.15) is 11.6 Å². The van der Waals surface area contributed by atoms with Crippen LogP contribution in [0.2, 0.25) is 0 Å². The lowest BCUT2D eigenvalue weighted by Gasteiger charge is -2.04. The van der Waals surface area contributed by atoms with Gasteiger partial charge in [0.15, 0.2) is 0 Å². The zero-order valence-electron chi connectivity index (χ0n) is 6.50. The summed E-state index contributed by atoms with van der Waals surface area (Å²) in [6, 6.07) is 8.66. The second-order valence-corrected chi connectivity index (χ2v) is 2.70. The number of rotatable bonds is 2. The van der Waals surface area contributed by atoms with E-state index in [0.717, 1.165) is 12.3 Å². The van der Waals surface area contributed by atoms with Crippen LogP contribution in [-0.2, 0) is 0 Å². The van der Waals surface area contributed by atoms with E-state index in [2.05, 4.69) is 11.4 Å². The van der Waals surface area contributed by atoms with Gasteiger partial charge in [0.2, 0.25) is 0 Å². The maximum Gasteiger partial charge on any atom is 0.123 e. The summed E-state index contributed by atoms with van der Waals surface area (Å²) in [6.45, 7) is 1.08. The molecule has 2 rings (SSSR count). The second-order valence-electron chi connectivity index (χ2n) is 2.70. The predicted molar refractivity (Wildman–Crippen MR) is 43.7 cm³/mol. The van der Waals surface area contributed by atoms with E-state index in [1.165, 1.54) is 5.56 Å². The third-order valence-electron chi connectivity index (χ3n) is 1.92. The van der Waals surface area contributed by atoms with Gasteiger partial charge in [-0.2, -0.15) is 0 Å². The van der Waals surface area contributed by atoms with Crippen molar-refractivity contribution in [2.75, 3.05) is 13.7 Å². The number of hydrogen-bond acceptors (Lipinski definition) is 2. The SMILES string of the molecule is COc1ccccc1C1CN1. The zero-order valence-corrected chi connectivity index (χ0v) is 6.50. The van der Waals surface area contributed by atoms with Crippen molar-refractivity contribution in [1.82, 2.24) is 5.32 Å². The van der Waals surface area contributed by atoms with Gasteiger partial charge < -0.3 is 10.1 Å². The fourth-order valence-electron chi connectivity index (χ4n) is 1.23. The minimum atomic E-state index is 0.533. The molecule has 1 aliphatic heterocycles. The lowest BCUT2D eigenvalue weighted by Crippen LogP contribution is -1.90. The van der Waals surface area contributed by atoms with Crippen LogP contribution in [0.25, 0.3) is 0 Å². The van der Waals surface area contributed by atoms with Gasteiger partial charge in [0.1, 0.15) is 5.75 Å². The Kier molecular flexibility index (Phi) is 1.55. The van der Waals surface area contributed by atoms with Gasteiger partial charge >= 0.3 is 0 Å². The van der Waals surface area contributed by atoms with Crippen molar-refractivity contribution in [3.63, 3.8) is 0 Å². The second kappa shape index (κ2) is 2.55. The Bertz CT molecular complexity index is 255. The molecular weight excluding hydrogens is 138 g/mol. The predicted octanol–water partition coefficient (Wildman–Crippen LogP) is 1.34. The standard InChI is InChI=1S/C9H11NO/c1-11-9-5-3-2-4-7(9)8-6-10-8/h2-5,8,10H,6H2,1H3. The van der Waals surface area contributed by atoms with Crippen LogP contribution in [0.3, 0.4) is 0 Å². The summed E-state index contributed by atoms with van der Waals surface area (Å²) in [5, 5.41) is 3.25. The largest absolute Gasteiger partial charge is 0.496 e. The molecule has 2 heteroatoms. The molecule has 0 saturated carbocycles. The summed E-state index contributed by atoms with van der Waals surface area (Å²) in [5.41, 5.74) is 1.27. The molecule has 0 bridgehead atoms. The van der Waals surface area contributed by atoms with Crippen LogP contribution in [0.4, 0.5) is 0 Å². The topological polar surface area (TPSA) is 31.2 Å². The molecule has 1 unspecified atom stereocenters. The molecule has 58 valence electrons. The molecule has 0 spiro atoms. The molecule has 0 aliphatic carbocycles. The lowest BCUT2D eigenvalue weighted by atomic mass is 10.1. The highest BCUT2D eigenvalue weighted by atomic mass is 16.5. The molecule has 0 amide bonds. The Labute approximate surface area is 66.2 Å². The summed E-state index contributed by atoms with van der Waals surface area (Å²) in [6.07, 6.45) is 0. The molecular formula is C9H11NO. The molecule has 1 fully saturated rings. The van der Waals surface area contributed by atoms with Crippen molar-refractivity contribution in [3.8, 4) is 5.75 Å². The minimum Gasteiger partial charge on any atom is -0.496 e. The minimum absolute atomic E-state index is 0.533. The molecule has 1 aliphatic rings. The van der Waals surface area contributed by atoms with Gasteiger partial charge in [0, 0.05) is 18.2 Å². The van der Waals surface area contributed by atoms with Crippen molar-refractivity contribution in [3.05, 3.63) is 29.8 Å². The first-order valence-corrected chi connectivity index (χ1v) is 3.78. The van der Waals surface area contributed by atoms with E-state index in [1.54, 1.807) is 7.11 Å². The van der Waals surface area contributed by atoms with Gasteiger partial charge in [-0.15, -0.1) is 0 Å². The van der Waals surface area contributed by atoms with Gasteiger partial charge in [-0.25, -0.2) is 0 Å². The maximum absolute atomic E-state index is 5.21. The lowest BCUT2D eigenvalue weighted by molar-refractivity contribution is 0.409. The molecule has 1 aromatic carbocycles. The van der Waals surface area contributed by atoms with E-state index >= 15 is 0 Å². The van der Waals surface area contributed by atoms with Gasteiger partial charge in [-0.3, -0.25) is 0 Å². The van der Waals surface area contributed by atoms with Crippen LogP contribution < -0.4 is 10.1 Å². The van der Waals surface area contributed by atoms with Crippen molar-refractivity contribution >= 4 is 0 Å². The molecule has 1 N–H and O–H groups in total. The number of ether oxygens (including phenoxy) is 1. The Morgan fingerprint density at radius 2 is 2.18 bits per heavy atom. The Hall–Kier alpha value is -1.02. The molecule has 1 aromatic rings. The van der Waals surface area contributed by atoms with E-state index in [9.17, 15) is 0 Å². The van der Waals surface area contributed by atoms with Crippen LogP contribution in [0.15, 0.2) is 24.3 Å². The summed E-state index contributed by atoms with van der Waals surface area (Å²) < 4.78 is 5.21. The third kappa shape index (κ3) is 1.21. The summed E-state index contributed by atoms with van der Waals surface area (Å²) in [4.78, 5) is 0. The maximum atomic E-state index is 5.21. The Morgan fingerprint density at radius 1 is 1.45 bits per heavy atom. The molecule has 11 heavy (non-hydrogen) atoms. The van der Waals surface area contributed by atoms with Gasteiger partial charge in [-0.05, 0) is 6.07 Å². The summed E-state index contributed by atoms with van der Waals surface area (Å²) in [5.74, 6) is 0.988. The van der Waals surface area contributed by atoms with E-state index in [4.69, 9.17) is 4.74 Å². The van der Waals surface area contributed by atoms with Gasteiger partial charge in [-0.1, -0.05) is 18.2 Å². The van der Waals surface area contributed by atoms with Crippen LogP contribution in [0.5, 0.6) is 5.75 Å². The molecule has 2 nitrogen and oxygen atoms in total. The van der Waals surface area contributed by atoms with Crippen LogP contribution >= 0.6 is 0 Å². The quantitative estimate of drug-likeness (QED) is 0.643. The molecule has 0 aromatic heterocycles. The molecule has 0 radical (unpaired) electrons. The van der Waals surface area contributed by atoms with Crippen molar-refractivity contribution < 1.29 is 4.74 Å². The van der Waals surface area contributed by atoms with E-state index in [1.807, 2.05) is 18.2 Å². The normalized spacial score (nSPS) is 21.4. The highest BCUT2D eigenvalue weighted by molar-refractivity contribution is 5.38. The fraction of sp³-hybridized carbons (Fsp3) is 0.333. The Balaban J connectivity index is 2.34. The highest BCUT2D eigenvalue weighted by Gasteiger charge is 2.24. The van der Waals surface area contributed by atoms with E-state index < -0.39 is 0 Å². The van der Waals surface area contributed by atoms with E-state index in [-0.39, 0.29) is 0 Å². The van der Waals surface area contributed by atoms with E-state index in [0.29, 0.717) is 6.04 Å². The van der Waals surface area contributed by atoms with Gasteiger partial charge in [0.25, 0.3) is 0 Å². The first-order valence-electron chi connectivity index (χ1n) is 3.78. The summed E-state index contributed by atoms with van der Waals surface area (Å²) >= 11 is 0. The number of benzene rings is 1. The Morgan fingerprint density at radius 3 is 2.82 bits per heavy atom.